The molecule has 4 nitrogen and oxygen atoms in total. The molecule has 0 aliphatic carbocycles. The van der Waals surface area contributed by atoms with Gasteiger partial charge in [-0.2, -0.15) is 21.6 Å². The smallest absolute Gasteiger partial charge is 0.355 e. The van der Waals surface area contributed by atoms with E-state index in [1.54, 1.807) is 11.4 Å². The molecular formula is C8H4F3NO3S2. The van der Waals surface area contributed by atoms with Gasteiger partial charge in [0.1, 0.15) is 4.83 Å². The van der Waals surface area contributed by atoms with E-state index in [4.69, 9.17) is 0 Å². The Hall–Kier alpha value is -1.35. The minimum Gasteiger partial charge on any atom is -0.355 e. The largest absolute Gasteiger partial charge is 0.534 e. The Morgan fingerprint density at radius 1 is 1.24 bits per heavy atom. The molecule has 17 heavy (non-hydrogen) atoms. The second-order valence-electron chi connectivity index (χ2n) is 2.95. The van der Waals surface area contributed by atoms with Crippen molar-refractivity contribution in [1.29, 1.82) is 0 Å². The Bertz CT molecular complexity index is 647. The van der Waals surface area contributed by atoms with Crippen LogP contribution in [0.25, 0.3) is 10.2 Å². The predicted octanol–water partition coefficient (Wildman–Crippen LogP) is 2.52. The lowest BCUT2D eigenvalue weighted by atomic mass is 10.3. The minimum absolute atomic E-state index is 0.403. The van der Waals surface area contributed by atoms with E-state index in [-0.39, 0.29) is 0 Å². The summed E-state index contributed by atoms with van der Waals surface area (Å²) < 4.78 is 61.4. The molecule has 0 bridgehead atoms. The zero-order chi connectivity index (χ0) is 12.7. The van der Waals surface area contributed by atoms with Gasteiger partial charge in [0.25, 0.3) is 0 Å². The van der Waals surface area contributed by atoms with Crippen molar-refractivity contribution in [3.8, 4) is 5.88 Å². The summed E-state index contributed by atoms with van der Waals surface area (Å²) >= 11 is 1.17. The van der Waals surface area contributed by atoms with Gasteiger partial charge in [-0.15, -0.1) is 11.3 Å². The number of thiophene rings is 1. The van der Waals surface area contributed by atoms with Gasteiger partial charge in [0.15, 0.2) is 0 Å². The number of pyridine rings is 1. The Labute approximate surface area is 97.8 Å². The molecule has 92 valence electrons. The summed E-state index contributed by atoms with van der Waals surface area (Å²) in [5.41, 5.74) is -5.46. The highest BCUT2D eigenvalue weighted by atomic mass is 32.2. The lowest BCUT2D eigenvalue weighted by Crippen LogP contribution is -2.28. The van der Waals surface area contributed by atoms with Crippen LogP contribution in [0.4, 0.5) is 13.2 Å². The van der Waals surface area contributed by atoms with E-state index in [1.165, 1.54) is 17.4 Å². The van der Waals surface area contributed by atoms with Crippen LogP contribution in [-0.4, -0.2) is 18.9 Å². The van der Waals surface area contributed by atoms with Crippen LogP contribution in [0.1, 0.15) is 0 Å². The van der Waals surface area contributed by atoms with Crippen LogP contribution >= 0.6 is 11.3 Å². The molecule has 0 aromatic carbocycles. The fourth-order valence-electron chi connectivity index (χ4n) is 1.03. The third-order valence-electron chi connectivity index (χ3n) is 1.77. The van der Waals surface area contributed by atoms with Crippen molar-refractivity contribution in [2.24, 2.45) is 0 Å². The molecule has 2 heterocycles. The highest BCUT2D eigenvalue weighted by molar-refractivity contribution is 7.87. The second kappa shape index (κ2) is 3.84. The quantitative estimate of drug-likeness (QED) is 0.627. The fourth-order valence-corrected chi connectivity index (χ4v) is 2.20. The van der Waals surface area contributed by atoms with Crippen molar-refractivity contribution in [2.45, 2.75) is 5.51 Å². The van der Waals surface area contributed by atoms with Crippen LogP contribution < -0.4 is 4.18 Å². The average Bonchev–Trinajstić information content (AvgIpc) is 2.62. The summed E-state index contributed by atoms with van der Waals surface area (Å²) in [5, 5.41) is 2.38. The predicted molar refractivity (Wildman–Crippen MR) is 55.2 cm³/mol. The number of hydrogen-bond donors (Lipinski definition) is 0. The lowest BCUT2D eigenvalue weighted by molar-refractivity contribution is -0.0501. The molecule has 0 atom stereocenters. The van der Waals surface area contributed by atoms with Crippen molar-refractivity contribution >= 4 is 31.7 Å². The van der Waals surface area contributed by atoms with E-state index >= 15 is 0 Å². The molecule has 0 saturated heterocycles. The van der Waals surface area contributed by atoms with Gasteiger partial charge >= 0.3 is 15.6 Å². The lowest BCUT2D eigenvalue weighted by Gasteiger charge is -2.08. The molecule has 0 spiro atoms. The number of fused-ring (bicyclic) bond motifs is 1. The molecule has 0 radical (unpaired) electrons. The van der Waals surface area contributed by atoms with Gasteiger partial charge in [-0.05, 0) is 17.5 Å². The van der Waals surface area contributed by atoms with Crippen LogP contribution in [0.15, 0.2) is 23.6 Å². The SMILES string of the molecule is O=S(=O)(Oc1ccc2ccsc2n1)C(F)(F)F. The Kier molecular flexibility index (Phi) is 2.74. The number of halogens is 3. The van der Waals surface area contributed by atoms with E-state index in [2.05, 4.69) is 9.17 Å². The Balaban J connectivity index is 2.36. The Morgan fingerprint density at radius 3 is 2.59 bits per heavy atom. The molecule has 0 saturated carbocycles. The zero-order valence-electron chi connectivity index (χ0n) is 7.93. The van der Waals surface area contributed by atoms with Crippen LogP contribution in [-0.2, 0) is 10.1 Å². The fraction of sp³-hybridized carbons (Fsp3) is 0.125. The van der Waals surface area contributed by atoms with Crippen LogP contribution in [0.5, 0.6) is 5.88 Å². The number of alkyl halides is 3. The molecule has 0 unspecified atom stereocenters. The summed E-state index contributed by atoms with van der Waals surface area (Å²) in [4.78, 5) is 4.05. The van der Waals surface area contributed by atoms with Crippen LogP contribution in [0.3, 0.4) is 0 Å². The van der Waals surface area contributed by atoms with Gasteiger partial charge in [0, 0.05) is 11.5 Å². The summed E-state index contributed by atoms with van der Waals surface area (Å²) in [7, 11) is -5.66. The first-order valence-corrected chi connectivity index (χ1v) is 6.43. The molecule has 0 N–H and O–H groups in total. The van der Waals surface area contributed by atoms with Gasteiger partial charge in [-0.25, -0.2) is 4.98 Å². The summed E-state index contributed by atoms with van der Waals surface area (Å²) in [6.45, 7) is 0. The molecule has 2 rings (SSSR count). The molecule has 2 aromatic rings. The summed E-state index contributed by atoms with van der Waals surface area (Å²) in [5.74, 6) is -0.600. The maximum absolute atomic E-state index is 12.0. The molecule has 0 aliphatic heterocycles. The monoisotopic (exact) mass is 283 g/mol. The standard InChI is InChI=1S/C8H4F3NO3S2/c9-8(10,11)17(13,14)15-6-2-1-5-3-4-16-7(5)12-6/h1-4H. The summed E-state index contributed by atoms with van der Waals surface area (Å²) in [6, 6.07) is 4.20. The normalized spacial score (nSPS) is 12.9. The number of rotatable bonds is 2. The molecule has 0 fully saturated rings. The second-order valence-corrected chi connectivity index (χ2v) is 5.38. The van der Waals surface area contributed by atoms with Gasteiger partial charge in [-0.3, -0.25) is 0 Å². The first-order chi connectivity index (χ1) is 7.79. The highest BCUT2D eigenvalue weighted by Gasteiger charge is 2.48. The minimum atomic E-state index is -5.66. The van der Waals surface area contributed by atoms with Gasteiger partial charge in [0.2, 0.25) is 5.88 Å². The number of aromatic nitrogens is 1. The third-order valence-corrected chi connectivity index (χ3v) is 3.55. The topological polar surface area (TPSA) is 56.3 Å². The molecular weight excluding hydrogens is 279 g/mol. The Morgan fingerprint density at radius 2 is 1.94 bits per heavy atom. The van der Waals surface area contributed by atoms with E-state index in [0.717, 1.165) is 6.07 Å². The van der Waals surface area contributed by atoms with E-state index in [0.29, 0.717) is 10.2 Å². The van der Waals surface area contributed by atoms with Crippen molar-refractivity contribution in [2.75, 3.05) is 0 Å². The van der Waals surface area contributed by atoms with Crippen molar-refractivity contribution in [1.82, 2.24) is 4.98 Å². The number of hydrogen-bond acceptors (Lipinski definition) is 5. The average molecular weight is 283 g/mol. The van der Waals surface area contributed by atoms with Crippen LogP contribution in [0, 0.1) is 0 Å². The molecule has 0 amide bonds. The van der Waals surface area contributed by atoms with Crippen molar-refractivity contribution < 1.29 is 25.8 Å². The van der Waals surface area contributed by atoms with E-state index < -0.39 is 21.5 Å². The highest BCUT2D eigenvalue weighted by Crippen LogP contribution is 2.28. The first-order valence-electron chi connectivity index (χ1n) is 4.14. The first kappa shape index (κ1) is 12.1. The van der Waals surface area contributed by atoms with Crippen LogP contribution in [0.2, 0.25) is 0 Å². The third kappa shape index (κ3) is 2.34. The number of nitrogens with zero attached hydrogens (tertiary/aromatic N) is 1. The maximum Gasteiger partial charge on any atom is 0.534 e. The zero-order valence-corrected chi connectivity index (χ0v) is 9.56. The summed E-state index contributed by atoms with van der Waals surface area (Å²) in [6.07, 6.45) is 0. The van der Waals surface area contributed by atoms with Crippen molar-refractivity contribution in [3.63, 3.8) is 0 Å². The molecule has 0 aliphatic rings. The van der Waals surface area contributed by atoms with E-state index in [9.17, 15) is 21.6 Å². The van der Waals surface area contributed by atoms with Gasteiger partial charge in [0.05, 0.1) is 0 Å². The van der Waals surface area contributed by atoms with Gasteiger partial charge < -0.3 is 4.18 Å². The van der Waals surface area contributed by atoms with Crippen molar-refractivity contribution in [3.05, 3.63) is 23.6 Å². The molecule has 9 heteroatoms. The molecule has 2 aromatic heterocycles. The van der Waals surface area contributed by atoms with Gasteiger partial charge in [-0.1, -0.05) is 0 Å². The maximum atomic E-state index is 12.0. The van der Waals surface area contributed by atoms with E-state index in [1.807, 2.05) is 0 Å².